The molecule has 0 saturated carbocycles. The summed E-state index contributed by atoms with van der Waals surface area (Å²) in [5.41, 5.74) is 15.0. The molecule has 3 aromatic rings. The third-order valence-corrected chi connectivity index (χ3v) is 4.73. The van der Waals surface area contributed by atoms with E-state index in [4.69, 9.17) is 35.3 Å². The Kier molecular flexibility index (Phi) is 5.40. The van der Waals surface area contributed by atoms with Gasteiger partial charge < -0.3 is 16.0 Å². The number of nitrogen functional groups attached to an aromatic ring is 1. The first-order valence-electron chi connectivity index (χ1n) is 7.58. The number of fused-ring (bicyclic) bond motifs is 1. The van der Waals surface area contributed by atoms with Crippen LogP contribution in [-0.4, -0.2) is 20.4 Å². The summed E-state index contributed by atoms with van der Waals surface area (Å²) >= 11 is 11.9. The van der Waals surface area contributed by atoms with Gasteiger partial charge in [-0.25, -0.2) is 9.37 Å². The lowest BCUT2D eigenvalue weighted by Gasteiger charge is -2.13. The van der Waals surface area contributed by atoms with Gasteiger partial charge >= 0.3 is 0 Å². The molecular formula is C16H14ClFN6OS2. The Morgan fingerprint density at radius 2 is 2.26 bits per heavy atom. The number of thiocarbonyl (C=S) groups is 1. The van der Waals surface area contributed by atoms with Crippen molar-refractivity contribution in [2.24, 2.45) is 10.8 Å². The first kappa shape index (κ1) is 19.2. The van der Waals surface area contributed by atoms with Crippen molar-refractivity contribution < 1.29 is 4.39 Å². The van der Waals surface area contributed by atoms with Gasteiger partial charge in [-0.15, -0.1) is 11.3 Å². The van der Waals surface area contributed by atoms with Crippen molar-refractivity contribution in [2.75, 3.05) is 5.73 Å². The number of thiazole rings is 1. The van der Waals surface area contributed by atoms with E-state index in [1.807, 2.05) is 0 Å². The van der Waals surface area contributed by atoms with Crippen LogP contribution in [0.2, 0.25) is 5.02 Å². The molecule has 0 fully saturated rings. The largest absolute Gasteiger partial charge is 0.375 e. The molecule has 0 aliphatic carbocycles. The molecule has 0 bridgehead atoms. The maximum Gasteiger partial charge on any atom is 0.198 e. The van der Waals surface area contributed by atoms with Gasteiger partial charge in [0.25, 0.3) is 0 Å². The summed E-state index contributed by atoms with van der Waals surface area (Å²) in [6.45, 7) is 2.03. The molecule has 1 aromatic carbocycles. The zero-order valence-corrected chi connectivity index (χ0v) is 16.4. The number of pyridine rings is 1. The molecule has 0 radical (unpaired) electrons. The van der Waals surface area contributed by atoms with E-state index in [1.54, 1.807) is 23.1 Å². The normalized spacial score (nSPS) is 11.7. The SMILES string of the molecule is CC(Cn1cc(-c2csc(N)n2)c(=O)c2cc(F)c(Cl)cc21)=NNC(N)=S. The lowest BCUT2D eigenvalue weighted by molar-refractivity contribution is 0.629. The van der Waals surface area contributed by atoms with Crippen molar-refractivity contribution in [2.45, 2.75) is 13.5 Å². The van der Waals surface area contributed by atoms with E-state index in [9.17, 15) is 9.18 Å². The van der Waals surface area contributed by atoms with Gasteiger partial charge in [0.05, 0.1) is 34.1 Å². The van der Waals surface area contributed by atoms with Gasteiger partial charge in [-0.05, 0) is 31.3 Å². The Morgan fingerprint density at radius 3 is 2.89 bits per heavy atom. The quantitative estimate of drug-likeness (QED) is 0.337. The molecule has 3 rings (SSSR count). The summed E-state index contributed by atoms with van der Waals surface area (Å²) in [6.07, 6.45) is 1.62. The molecule has 0 saturated heterocycles. The van der Waals surface area contributed by atoms with Crippen molar-refractivity contribution in [3.63, 3.8) is 0 Å². The third kappa shape index (κ3) is 4.07. The fourth-order valence-corrected chi connectivity index (χ4v) is 3.31. The topological polar surface area (TPSA) is 111 Å². The number of nitrogens with two attached hydrogens (primary N) is 2. The first-order chi connectivity index (χ1) is 12.8. The van der Waals surface area contributed by atoms with Crippen LogP contribution in [0.25, 0.3) is 22.2 Å². The Labute approximate surface area is 167 Å². The molecule has 2 heterocycles. The molecule has 7 nitrogen and oxygen atoms in total. The predicted octanol–water partition coefficient (Wildman–Crippen LogP) is 2.71. The minimum atomic E-state index is -0.678. The number of hydrogen-bond acceptors (Lipinski definition) is 6. The Balaban J connectivity index is 2.22. The summed E-state index contributed by atoms with van der Waals surface area (Å²) in [5.74, 6) is -0.678. The number of hydrogen-bond donors (Lipinski definition) is 3. The van der Waals surface area contributed by atoms with E-state index in [1.165, 1.54) is 17.4 Å². The highest BCUT2D eigenvalue weighted by atomic mass is 35.5. The molecule has 2 aromatic heterocycles. The molecule has 0 atom stereocenters. The van der Waals surface area contributed by atoms with Crippen LogP contribution in [0, 0.1) is 5.82 Å². The lowest BCUT2D eigenvalue weighted by atomic mass is 10.1. The zero-order chi connectivity index (χ0) is 19.7. The second kappa shape index (κ2) is 7.59. The average molecular weight is 425 g/mol. The maximum atomic E-state index is 14.0. The van der Waals surface area contributed by atoms with Gasteiger partial charge in [-0.2, -0.15) is 5.10 Å². The number of aromatic nitrogens is 2. The van der Waals surface area contributed by atoms with Crippen LogP contribution in [0.15, 0.2) is 33.6 Å². The second-order valence-electron chi connectivity index (χ2n) is 5.68. The Hall–Kier alpha value is -2.56. The van der Waals surface area contributed by atoms with E-state index in [0.29, 0.717) is 27.6 Å². The highest BCUT2D eigenvalue weighted by Crippen LogP contribution is 2.26. The van der Waals surface area contributed by atoms with Crippen molar-refractivity contribution in [3.05, 3.63) is 44.8 Å². The van der Waals surface area contributed by atoms with Gasteiger partial charge in [0.15, 0.2) is 15.7 Å². The molecule has 0 amide bonds. The minimum absolute atomic E-state index is 0.0304. The fourth-order valence-electron chi connectivity index (χ4n) is 2.54. The van der Waals surface area contributed by atoms with Gasteiger partial charge in [-0.3, -0.25) is 10.2 Å². The number of nitrogens with one attached hydrogen (secondary N) is 1. The van der Waals surface area contributed by atoms with E-state index >= 15 is 0 Å². The molecule has 27 heavy (non-hydrogen) atoms. The molecule has 0 aliphatic rings. The number of anilines is 1. The van der Waals surface area contributed by atoms with Crippen LogP contribution in [-0.2, 0) is 6.54 Å². The van der Waals surface area contributed by atoms with Gasteiger partial charge in [0.1, 0.15) is 5.82 Å². The van der Waals surface area contributed by atoms with E-state index in [2.05, 4.69) is 15.5 Å². The standard InChI is InChI=1S/C16H14ClFN6OS2/c1-7(22-23-15(19)26)4-24-5-9(12-6-27-16(20)21-12)14(25)8-2-11(18)10(17)3-13(8)24/h2-3,5-6H,4H2,1H3,(H2,20,21)(H3,19,23,26). The summed E-state index contributed by atoms with van der Waals surface area (Å²) in [7, 11) is 0. The van der Waals surface area contributed by atoms with Crippen LogP contribution < -0.4 is 22.3 Å². The second-order valence-corrected chi connectivity index (χ2v) is 7.41. The summed E-state index contributed by atoms with van der Waals surface area (Å²) < 4.78 is 15.7. The molecular weight excluding hydrogens is 411 g/mol. The van der Waals surface area contributed by atoms with Crippen LogP contribution in [0.3, 0.4) is 0 Å². The molecule has 0 spiro atoms. The zero-order valence-electron chi connectivity index (χ0n) is 14.0. The maximum absolute atomic E-state index is 14.0. The Morgan fingerprint density at radius 1 is 1.52 bits per heavy atom. The van der Waals surface area contributed by atoms with Crippen LogP contribution in [0.4, 0.5) is 9.52 Å². The van der Waals surface area contributed by atoms with Crippen LogP contribution in [0.1, 0.15) is 6.92 Å². The van der Waals surface area contributed by atoms with Crippen molar-refractivity contribution in [3.8, 4) is 11.3 Å². The van der Waals surface area contributed by atoms with Crippen LogP contribution >= 0.6 is 35.2 Å². The average Bonchev–Trinajstić information content (AvgIpc) is 3.03. The van der Waals surface area contributed by atoms with Crippen LogP contribution in [0.5, 0.6) is 0 Å². The summed E-state index contributed by atoms with van der Waals surface area (Å²) in [4.78, 5) is 17.0. The van der Waals surface area contributed by atoms with Gasteiger partial charge in [-0.1, -0.05) is 11.6 Å². The number of benzene rings is 1. The molecule has 0 aliphatic heterocycles. The highest BCUT2D eigenvalue weighted by Gasteiger charge is 2.16. The van der Waals surface area contributed by atoms with Crippen molar-refractivity contribution in [1.29, 1.82) is 0 Å². The number of rotatable bonds is 4. The van der Waals surface area contributed by atoms with E-state index < -0.39 is 5.82 Å². The Bertz CT molecular complexity index is 1140. The molecule has 11 heteroatoms. The minimum Gasteiger partial charge on any atom is -0.375 e. The van der Waals surface area contributed by atoms with Crippen molar-refractivity contribution >= 4 is 62.0 Å². The van der Waals surface area contributed by atoms with Gasteiger partial charge in [0.2, 0.25) is 0 Å². The first-order valence-corrected chi connectivity index (χ1v) is 9.25. The van der Waals surface area contributed by atoms with Gasteiger partial charge in [0, 0.05) is 17.0 Å². The smallest absolute Gasteiger partial charge is 0.198 e. The number of nitrogens with zero attached hydrogens (tertiary/aromatic N) is 3. The molecule has 0 unspecified atom stereocenters. The van der Waals surface area contributed by atoms with E-state index in [-0.39, 0.29) is 27.5 Å². The monoisotopic (exact) mass is 424 g/mol. The molecule has 5 N–H and O–H groups in total. The summed E-state index contributed by atoms with van der Waals surface area (Å²) in [5, 5.41) is 6.18. The lowest BCUT2D eigenvalue weighted by Crippen LogP contribution is -2.26. The van der Waals surface area contributed by atoms with E-state index in [0.717, 1.165) is 6.07 Å². The highest BCUT2D eigenvalue weighted by molar-refractivity contribution is 7.80. The fraction of sp³-hybridized carbons (Fsp3) is 0.125. The molecule has 140 valence electrons. The third-order valence-electron chi connectivity index (χ3n) is 3.68. The predicted molar refractivity (Wildman–Crippen MR) is 112 cm³/mol. The van der Waals surface area contributed by atoms with Crippen molar-refractivity contribution in [1.82, 2.24) is 15.0 Å². The number of hydrazone groups is 1. The number of halogens is 2. The summed E-state index contributed by atoms with van der Waals surface area (Å²) in [6, 6.07) is 2.52.